The van der Waals surface area contributed by atoms with Gasteiger partial charge in [-0.05, 0) is 12.8 Å². The Morgan fingerprint density at radius 1 is 1.10 bits per heavy atom. The van der Waals surface area contributed by atoms with E-state index in [1.165, 1.54) is 14.2 Å². The molecule has 0 aliphatic rings. The van der Waals surface area contributed by atoms with Crippen molar-refractivity contribution < 1.29 is 22.6 Å². The number of methoxy groups -OCH3 is 2. The van der Waals surface area contributed by atoms with E-state index in [0.29, 0.717) is 35.8 Å². The molecule has 0 saturated heterocycles. The fraction of sp³-hybridized carbons (Fsp3) is 0.538. The summed E-state index contributed by atoms with van der Waals surface area (Å²) in [5.41, 5.74) is 6.90. The second kappa shape index (κ2) is 7.12. The second-order valence-corrected chi connectivity index (χ2v) is 4.29. The molecule has 1 rings (SSSR count). The van der Waals surface area contributed by atoms with Crippen LogP contribution in [-0.2, 0) is 0 Å². The number of nitrogen functional groups attached to an aromatic ring is 1. The predicted octanol–water partition coefficient (Wildman–Crippen LogP) is 3.43. The fourth-order valence-corrected chi connectivity index (χ4v) is 1.72. The molecule has 4 nitrogen and oxygen atoms in total. The number of rotatable bonds is 7. The Balaban J connectivity index is 2.52. The van der Waals surface area contributed by atoms with Gasteiger partial charge in [0.05, 0.1) is 25.6 Å². The molecule has 0 spiro atoms. The van der Waals surface area contributed by atoms with Crippen molar-refractivity contribution in [1.29, 1.82) is 0 Å². The van der Waals surface area contributed by atoms with E-state index in [2.05, 4.69) is 5.32 Å². The van der Waals surface area contributed by atoms with Crippen LogP contribution in [0.5, 0.6) is 11.5 Å². The maximum Gasteiger partial charge on any atom is 0.389 e. The summed E-state index contributed by atoms with van der Waals surface area (Å²) in [4.78, 5) is 0. The van der Waals surface area contributed by atoms with Crippen LogP contribution >= 0.6 is 0 Å². The lowest BCUT2D eigenvalue weighted by Gasteiger charge is -2.14. The number of hydrogen-bond acceptors (Lipinski definition) is 4. The monoisotopic (exact) mass is 292 g/mol. The molecule has 0 saturated carbocycles. The Kier molecular flexibility index (Phi) is 5.79. The Morgan fingerprint density at radius 2 is 1.70 bits per heavy atom. The average Bonchev–Trinajstić information content (AvgIpc) is 2.38. The van der Waals surface area contributed by atoms with Crippen LogP contribution in [0.3, 0.4) is 0 Å². The number of nitrogens with one attached hydrogen (secondary N) is 1. The minimum absolute atomic E-state index is 0.0870. The number of anilines is 2. The molecule has 0 bridgehead atoms. The van der Waals surface area contributed by atoms with Crippen LogP contribution in [-0.4, -0.2) is 26.9 Å². The molecule has 0 amide bonds. The fourth-order valence-electron chi connectivity index (χ4n) is 1.72. The van der Waals surface area contributed by atoms with Gasteiger partial charge in [0.15, 0.2) is 11.5 Å². The van der Waals surface area contributed by atoms with Gasteiger partial charge in [0.25, 0.3) is 0 Å². The SMILES string of the molecule is COc1cc(N)c(NCCCCC(F)(F)F)cc1OC. The van der Waals surface area contributed by atoms with Gasteiger partial charge in [-0.2, -0.15) is 13.2 Å². The van der Waals surface area contributed by atoms with Crippen LogP contribution in [0.25, 0.3) is 0 Å². The van der Waals surface area contributed by atoms with Gasteiger partial charge < -0.3 is 20.5 Å². The zero-order valence-electron chi connectivity index (χ0n) is 11.5. The lowest BCUT2D eigenvalue weighted by atomic mass is 10.2. The normalized spacial score (nSPS) is 11.2. The van der Waals surface area contributed by atoms with Gasteiger partial charge in [-0.1, -0.05) is 0 Å². The summed E-state index contributed by atoms with van der Waals surface area (Å²) >= 11 is 0. The highest BCUT2D eigenvalue weighted by Crippen LogP contribution is 2.34. The number of nitrogens with two attached hydrogens (primary N) is 1. The zero-order chi connectivity index (χ0) is 15.2. The third-order valence-electron chi connectivity index (χ3n) is 2.76. The van der Waals surface area contributed by atoms with Gasteiger partial charge in [-0.25, -0.2) is 0 Å². The molecule has 0 heterocycles. The van der Waals surface area contributed by atoms with E-state index in [0.717, 1.165) is 0 Å². The zero-order valence-corrected chi connectivity index (χ0v) is 11.5. The molecule has 114 valence electrons. The first kappa shape index (κ1) is 16.3. The molecule has 3 N–H and O–H groups in total. The Labute approximate surface area is 116 Å². The highest BCUT2D eigenvalue weighted by molar-refractivity contribution is 5.71. The number of benzene rings is 1. The minimum atomic E-state index is -4.09. The number of unbranched alkanes of at least 4 members (excludes halogenated alkanes) is 1. The molecule has 0 aliphatic carbocycles. The van der Waals surface area contributed by atoms with Crippen molar-refractivity contribution in [1.82, 2.24) is 0 Å². The summed E-state index contributed by atoms with van der Waals surface area (Å²) in [6, 6.07) is 3.27. The van der Waals surface area contributed by atoms with Crippen molar-refractivity contribution in [3.8, 4) is 11.5 Å². The molecule has 1 aromatic rings. The van der Waals surface area contributed by atoms with E-state index in [1.807, 2.05) is 0 Å². The van der Waals surface area contributed by atoms with Crippen LogP contribution < -0.4 is 20.5 Å². The molecule has 20 heavy (non-hydrogen) atoms. The third-order valence-corrected chi connectivity index (χ3v) is 2.76. The molecule has 0 aromatic heterocycles. The van der Waals surface area contributed by atoms with Crippen molar-refractivity contribution >= 4 is 11.4 Å². The molecule has 1 aromatic carbocycles. The molecule has 0 aliphatic heterocycles. The molecule has 0 atom stereocenters. The van der Waals surface area contributed by atoms with Crippen LogP contribution in [0.15, 0.2) is 12.1 Å². The van der Waals surface area contributed by atoms with E-state index in [4.69, 9.17) is 15.2 Å². The van der Waals surface area contributed by atoms with Gasteiger partial charge in [0.1, 0.15) is 0 Å². The van der Waals surface area contributed by atoms with Crippen molar-refractivity contribution in [2.45, 2.75) is 25.4 Å². The molecule has 0 fully saturated rings. The van der Waals surface area contributed by atoms with E-state index < -0.39 is 12.6 Å². The summed E-state index contributed by atoms with van der Waals surface area (Å²) in [5.74, 6) is 1.02. The molecule has 0 unspecified atom stereocenters. The topological polar surface area (TPSA) is 56.5 Å². The Hall–Kier alpha value is -1.79. The molecule has 7 heteroatoms. The predicted molar refractivity (Wildman–Crippen MR) is 72.4 cm³/mol. The Morgan fingerprint density at radius 3 is 2.25 bits per heavy atom. The second-order valence-electron chi connectivity index (χ2n) is 4.29. The van der Waals surface area contributed by atoms with Crippen molar-refractivity contribution in [2.75, 3.05) is 31.8 Å². The van der Waals surface area contributed by atoms with Gasteiger partial charge in [0, 0.05) is 25.1 Å². The maximum absolute atomic E-state index is 12.0. The van der Waals surface area contributed by atoms with Crippen molar-refractivity contribution in [3.63, 3.8) is 0 Å². The first-order valence-corrected chi connectivity index (χ1v) is 6.19. The average molecular weight is 292 g/mol. The number of halogens is 3. The van der Waals surface area contributed by atoms with Gasteiger partial charge >= 0.3 is 6.18 Å². The summed E-state index contributed by atoms with van der Waals surface area (Å²) in [6.07, 6.45) is -4.37. The molecule has 0 radical (unpaired) electrons. The van der Waals surface area contributed by atoms with Crippen LogP contribution in [0.1, 0.15) is 19.3 Å². The van der Waals surface area contributed by atoms with E-state index in [1.54, 1.807) is 12.1 Å². The number of ether oxygens (including phenoxy) is 2. The van der Waals surface area contributed by atoms with Crippen molar-refractivity contribution in [2.24, 2.45) is 0 Å². The van der Waals surface area contributed by atoms with E-state index in [9.17, 15) is 13.2 Å². The van der Waals surface area contributed by atoms with Gasteiger partial charge in [-0.3, -0.25) is 0 Å². The Bertz CT molecular complexity index is 436. The molecular formula is C13H19F3N2O2. The van der Waals surface area contributed by atoms with Gasteiger partial charge in [0.2, 0.25) is 0 Å². The smallest absolute Gasteiger partial charge is 0.389 e. The largest absolute Gasteiger partial charge is 0.493 e. The highest BCUT2D eigenvalue weighted by atomic mass is 19.4. The van der Waals surface area contributed by atoms with Crippen LogP contribution in [0, 0.1) is 0 Å². The lowest BCUT2D eigenvalue weighted by molar-refractivity contribution is -0.135. The minimum Gasteiger partial charge on any atom is -0.493 e. The van der Waals surface area contributed by atoms with Crippen molar-refractivity contribution in [3.05, 3.63) is 12.1 Å². The van der Waals surface area contributed by atoms with Crippen LogP contribution in [0.4, 0.5) is 24.5 Å². The summed E-state index contributed by atoms with van der Waals surface area (Å²) in [5, 5.41) is 3.00. The third kappa shape index (κ3) is 5.07. The summed E-state index contributed by atoms with van der Waals surface area (Å²) in [7, 11) is 3.00. The summed E-state index contributed by atoms with van der Waals surface area (Å²) in [6.45, 7) is 0.412. The van der Waals surface area contributed by atoms with Crippen LogP contribution in [0.2, 0.25) is 0 Å². The molecular weight excluding hydrogens is 273 g/mol. The van der Waals surface area contributed by atoms with Gasteiger partial charge in [-0.15, -0.1) is 0 Å². The summed E-state index contributed by atoms with van der Waals surface area (Å²) < 4.78 is 46.2. The highest BCUT2D eigenvalue weighted by Gasteiger charge is 2.25. The quantitative estimate of drug-likeness (QED) is 0.597. The number of alkyl halides is 3. The standard InChI is InChI=1S/C13H19F3N2O2/c1-19-11-7-9(17)10(8-12(11)20-2)18-6-4-3-5-13(14,15)16/h7-8,18H,3-6,17H2,1-2H3. The lowest BCUT2D eigenvalue weighted by Crippen LogP contribution is -2.09. The van der Waals surface area contributed by atoms with E-state index in [-0.39, 0.29) is 6.42 Å². The maximum atomic E-state index is 12.0. The number of hydrogen-bond donors (Lipinski definition) is 2. The van der Waals surface area contributed by atoms with E-state index >= 15 is 0 Å². The first-order valence-electron chi connectivity index (χ1n) is 6.19. The first-order chi connectivity index (χ1) is 9.37.